The second kappa shape index (κ2) is 6.81. The predicted octanol–water partition coefficient (Wildman–Crippen LogP) is 3.08. The van der Waals surface area contributed by atoms with Gasteiger partial charge in [-0.15, -0.1) is 0 Å². The van der Waals surface area contributed by atoms with Gasteiger partial charge in [0.1, 0.15) is 23.1 Å². The fourth-order valence-corrected chi connectivity index (χ4v) is 1.84. The minimum absolute atomic E-state index is 0.463. The zero-order chi connectivity index (χ0) is 17.1. The van der Waals surface area contributed by atoms with Crippen molar-refractivity contribution in [2.24, 2.45) is 5.92 Å². The number of carbonyl (C=O) groups excluding carboxylic acids is 1. The Bertz CT molecular complexity index is 556. The summed E-state index contributed by atoms with van der Waals surface area (Å²) in [6, 6.07) is 0.926. The van der Waals surface area contributed by atoms with Crippen LogP contribution in [0.1, 0.15) is 32.8 Å². The van der Waals surface area contributed by atoms with Gasteiger partial charge in [-0.25, -0.2) is 13.2 Å². The van der Waals surface area contributed by atoms with E-state index < -0.39 is 59.3 Å². The van der Waals surface area contributed by atoms with Crippen LogP contribution < -0.4 is 0 Å². The van der Waals surface area contributed by atoms with Gasteiger partial charge in [0, 0.05) is 17.7 Å². The lowest BCUT2D eigenvalue weighted by molar-refractivity contribution is -0.159. The van der Waals surface area contributed by atoms with Gasteiger partial charge in [-0.1, -0.05) is 0 Å². The zero-order valence-corrected chi connectivity index (χ0v) is 12.5. The number of carboxylic acid groups (broad SMARTS) is 1. The number of aliphatic carboxylic acids is 1. The maximum atomic E-state index is 13.6. The summed E-state index contributed by atoms with van der Waals surface area (Å²) in [6.45, 7) is 4.83. The molecule has 1 aromatic rings. The molecule has 1 aromatic carbocycles. The molecule has 7 heteroatoms. The molecule has 0 saturated carbocycles. The van der Waals surface area contributed by atoms with Crippen LogP contribution in [0, 0.1) is 23.4 Å². The van der Waals surface area contributed by atoms with Crippen molar-refractivity contribution >= 4 is 11.9 Å². The number of carboxylic acids is 1. The molecule has 0 bridgehead atoms. The van der Waals surface area contributed by atoms with Crippen LogP contribution in [-0.2, 0) is 20.7 Å². The Hall–Kier alpha value is -2.05. The SMILES string of the molecule is CC(C)(C)OC(=O)CC(Cc1c(F)cc(F)cc1F)C(=O)O. The number of hydrogen-bond acceptors (Lipinski definition) is 3. The number of rotatable bonds is 5. The van der Waals surface area contributed by atoms with Crippen molar-refractivity contribution in [2.45, 2.75) is 39.2 Å². The summed E-state index contributed by atoms with van der Waals surface area (Å²) >= 11 is 0. The highest BCUT2D eigenvalue weighted by atomic mass is 19.1. The van der Waals surface area contributed by atoms with Crippen LogP contribution in [0.15, 0.2) is 12.1 Å². The van der Waals surface area contributed by atoms with Crippen LogP contribution in [0.5, 0.6) is 0 Å². The van der Waals surface area contributed by atoms with Crippen molar-refractivity contribution in [1.82, 2.24) is 0 Å². The normalized spacial score (nSPS) is 12.8. The topological polar surface area (TPSA) is 63.6 Å². The third-order valence-electron chi connectivity index (χ3n) is 2.74. The summed E-state index contributed by atoms with van der Waals surface area (Å²) in [4.78, 5) is 22.8. The standard InChI is InChI=1S/C15H17F3O4/c1-15(2,3)22-13(19)5-8(14(20)21)4-10-11(17)6-9(16)7-12(10)18/h6-8H,4-5H2,1-3H3,(H,20,21). The smallest absolute Gasteiger partial charge is 0.307 e. The Kier molecular flexibility index (Phi) is 5.57. The molecule has 0 aromatic heterocycles. The molecule has 0 aliphatic rings. The van der Waals surface area contributed by atoms with Crippen molar-refractivity contribution in [3.63, 3.8) is 0 Å². The first-order chi connectivity index (χ1) is 9.99. The Morgan fingerprint density at radius 3 is 2.09 bits per heavy atom. The monoisotopic (exact) mass is 318 g/mol. The van der Waals surface area contributed by atoms with E-state index in [1.807, 2.05) is 0 Å². The van der Waals surface area contributed by atoms with E-state index in [1.165, 1.54) is 0 Å². The molecule has 1 unspecified atom stereocenters. The molecule has 0 heterocycles. The van der Waals surface area contributed by atoms with E-state index in [9.17, 15) is 22.8 Å². The van der Waals surface area contributed by atoms with Crippen molar-refractivity contribution in [3.8, 4) is 0 Å². The second-order valence-electron chi connectivity index (χ2n) is 5.88. The van der Waals surface area contributed by atoms with Crippen molar-refractivity contribution in [2.75, 3.05) is 0 Å². The summed E-state index contributed by atoms with van der Waals surface area (Å²) in [7, 11) is 0. The lowest BCUT2D eigenvalue weighted by Crippen LogP contribution is -2.28. The predicted molar refractivity (Wildman–Crippen MR) is 71.6 cm³/mol. The third kappa shape index (κ3) is 5.38. The van der Waals surface area contributed by atoms with Gasteiger partial charge in [-0.05, 0) is 27.2 Å². The number of benzene rings is 1. The first kappa shape index (κ1) is 18.0. The van der Waals surface area contributed by atoms with Crippen molar-refractivity contribution in [3.05, 3.63) is 35.1 Å². The van der Waals surface area contributed by atoms with Gasteiger partial charge in [0.25, 0.3) is 0 Å². The van der Waals surface area contributed by atoms with E-state index >= 15 is 0 Å². The van der Waals surface area contributed by atoms with E-state index in [2.05, 4.69) is 0 Å². The molecule has 0 radical (unpaired) electrons. The van der Waals surface area contributed by atoms with Crippen LogP contribution in [0.2, 0.25) is 0 Å². The van der Waals surface area contributed by atoms with Gasteiger partial charge in [0.05, 0.1) is 12.3 Å². The van der Waals surface area contributed by atoms with Crippen LogP contribution in [-0.4, -0.2) is 22.6 Å². The fourth-order valence-electron chi connectivity index (χ4n) is 1.84. The minimum Gasteiger partial charge on any atom is -0.481 e. The Balaban J connectivity index is 2.90. The maximum Gasteiger partial charge on any atom is 0.307 e. The van der Waals surface area contributed by atoms with E-state index in [-0.39, 0.29) is 0 Å². The second-order valence-corrected chi connectivity index (χ2v) is 5.88. The van der Waals surface area contributed by atoms with E-state index in [4.69, 9.17) is 9.84 Å². The number of esters is 1. The molecule has 0 saturated heterocycles. The van der Waals surface area contributed by atoms with Gasteiger partial charge in [-0.2, -0.15) is 0 Å². The first-order valence-electron chi connectivity index (χ1n) is 6.57. The molecule has 1 N–H and O–H groups in total. The average Bonchev–Trinajstić information content (AvgIpc) is 2.29. The van der Waals surface area contributed by atoms with Crippen LogP contribution in [0.3, 0.4) is 0 Å². The van der Waals surface area contributed by atoms with Crippen molar-refractivity contribution in [1.29, 1.82) is 0 Å². The highest BCUT2D eigenvalue weighted by Crippen LogP contribution is 2.21. The number of halogens is 3. The number of hydrogen-bond donors (Lipinski definition) is 1. The largest absolute Gasteiger partial charge is 0.481 e. The number of carbonyl (C=O) groups is 2. The van der Waals surface area contributed by atoms with Gasteiger partial charge in [0.2, 0.25) is 0 Å². The molecule has 0 aliphatic heterocycles. The molecule has 4 nitrogen and oxygen atoms in total. The van der Waals surface area contributed by atoms with E-state index in [0.717, 1.165) is 0 Å². The minimum atomic E-state index is -1.39. The van der Waals surface area contributed by atoms with E-state index in [0.29, 0.717) is 12.1 Å². The summed E-state index contributed by atoms with van der Waals surface area (Å²) in [5.74, 6) is -7.03. The molecule has 1 rings (SSSR count). The Morgan fingerprint density at radius 1 is 1.18 bits per heavy atom. The summed E-state index contributed by atoms with van der Waals surface area (Å²) < 4.78 is 44.9. The van der Waals surface area contributed by atoms with Gasteiger partial charge >= 0.3 is 11.9 Å². The lowest BCUT2D eigenvalue weighted by atomic mass is 9.95. The van der Waals surface area contributed by atoms with Crippen LogP contribution >= 0.6 is 0 Å². The molecule has 122 valence electrons. The molecule has 0 aliphatic carbocycles. The highest BCUT2D eigenvalue weighted by molar-refractivity contribution is 5.79. The summed E-state index contributed by atoms with van der Waals surface area (Å²) in [6.07, 6.45) is -1.12. The summed E-state index contributed by atoms with van der Waals surface area (Å²) in [5.41, 5.74) is -1.37. The molecular formula is C15H17F3O4. The third-order valence-corrected chi connectivity index (χ3v) is 2.74. The molecule has 1 atom stereocenters. The fraction of sp³-hybridized carbons (Fsp3) is 0.467. The van der Waals surface area contributed by atoms with Crippen LogP contribution in [0.25, 0.3) is 0 Å². The Morgan fingerprint density at radius 2 is 1.68 bits per heavy atom. The quantitative estimate of drug-likeness (QED) is 0.848. The first-order valence-corrected chi connectivity index (χ1v) is 6.57. The Labute approximate surface area is 125 Å². The number of ether oxygens (including phenoxy) is 1. The van der Waals surface area contributed by atoms with Gasteiger partial charge < -0.3 is 9.84 Å². The molecule has 0 spiro atoms. The zero-order valence-electron chi connectivity index (χ0n) is 12.5. The molecule has 22 heavy (non-hydrogen) atoms. The molecule has 0 amide bonds. The van der Waals surface area contributed by atoms with Crippen molar-refractivity contribution < 1.29 is 32.6 Å². The molecule has 0 fully saturated rings. The lowest BCUT2D eigenvalue weighted by Gasteiger charge is -2.21. The van der Waals surface area contributed by atoms with Crippen LogP contribution in [0.4, 0.5) is 13.2 Å². The average molecular weight is 318 g/mol. The van der Waals surface area contributed by atoms with Gasteiger partial charge in [-0.3, -0.25) is 9.59 Å². The van der Waals surface area contributed by atoms with Gasteiger partial charge in [0.15, 0.2) is 0 Å². The van der Waals surface area contributed by atoms with E-state index in [1.54, 1.807) is 20.8 Å². The molecular weight excluding hydrogens is 301 g/mol. The summed E-state index contributed by atoms with van der Waals surface area (Å²) in [5, 5.41) is 9.09. The highest BCUT2D eigenvalue weighted by Gasteiger charge is 2.27. The maximum absolute atomic E-state index is 13.6.